The van der Waals surface area contributed by atoms with Gasteiger partial charge in [-0.05, 0) is 89.0 Å². The molecule has 0 bridgehead atoms. The Labute approximate surface area is 398 Å². The topological polar surface area (TPSA) is 69.9 Å². The largest absolute Gasteiger partial charge is 0.457 e. The first kappa shape index (κ1) is 41.1. The van der Waals surface area contributed by atoms with Crippen LogP contribution in [0.3, 0.4) is 0 Å². The molecule has 0 amide bonds. The van der Waals surface area contributed by atoms with Gasteiger partial charge in [-0.25, -0.2) is 15.0 Å². The monoisotopic (exact) mass is 886 g/mol. The molecular weight excluding hydrogens is 845 g/mol. The molecule has 4 aromatic heterocycles. The van der Waals surface area contributed by atoms with Crippen molar-refractivity contribution in [3.8, 4) is 28.2 Å². The smallest absolute Gasteiger partial charge is 0.164 e. The van der Waals surface area contributed by atoms with Gasteiger partial charge in [-0.3, -0.25) is 0 Å². The lowest BCUT2D eigenvalue weighted by molar-refractivity contribution is 0.604. The van der Waals surface area contributed by atoms with Crippen molar-refractivity contribution in [2.45, 2.75) is 0 Å². The van der Waals surface area contributed by atoms with Crippen molar-refractivity contribution in [1.82, 2.24) is 19.5 Å². The van der Waals surface area contributed by atoms with Gasteiger partial charge in [0.25, 0.3) is 0 Å². The SMILES string of the molecule is C=C/C(=C\c1cc2ccccc2o1)c1nc(C(=C)/C=C(\C=C\c2ccccc2)c2ccccc2)nc(-c2ccc3c(c2)oc2c(-c4ccc5c(c4)c4ccccc4n5-c4ccccc4)cccc23)n1. The number of furan rings is 2. The number of rotatable bonds is 11. The van der Waals surface area contributed by atoms with Gasteiger partial charge in [-0.15, -0.1) is 0 Å². The van der Waals surface area contributed by atoms with Crippen LogP contribution < -0.4 is 0 Å². The van der Waals surface area contributed by atoms with Gasteiger partial charge in [-0.1, -0.05) is 177 Å². The van der Waals surface area contributed by atoms with Gasteiger partial charge in [0.15, 0.2) is 17.5 Å². The molecule has 0 aliphatic heterocycles. The molecule has 326 valence electrons. The Balaban J connectivity index is 0.978. The van der Waals surface area contributed by atoms with Crippen LogP contribution in [-0.4, -0.2) is 19.5 Å². The Kier molecular flexibility index (Phi) is 10.4. The number of nitrogens with zero attached hydrogens (tertiary/aromatic N) is 4. The highest BCUT2D eigenvalue weighted by Gasteiger charge is 2.19. The van der Waals surface area contributed by atoms with Crippen LogP contribution in [0.15, 0.2) is 240 Å². The lowest BCUT2D eigenvalue weighted by atomic mass is 10.00. The first-order chi connectivity index (χ1) is 34.0. The second kappa shape index (κ2) is 17.4. The molecule has 0 saturated heterocycles. The first-order valence-electron chi connectivity index (χ1n) is 22.9. The molecule has 12 aromatic rings. The Morgan fingerprint density at radius 3 is 2.06 bits per heavy atom. The number of allylic oxidation sites excluding steroid dienone is 6. The van der Waals surface area contributed by atoms with Crippen LogP contribution in [0.4, 0.5) is 0 Å². The molecule has 8 aromatic carbocycles. The Morgan fingerprint density at radius 2 is 1.23 bits per heavy atom. The summed E-state index contributed by atoms with van der Waals surface area (Å²) in [4.78, 5) is 15.3. The molecule has 0 fully saturated rings. The fraction of sp³-hybridized carbons (Fsp3) is 0. The van der Waals surface area contributed by atoms with Gasteiger partial charge in [0.2, 0.25) is 0 Å². The number of para-hydroxylation sites is 4. The lowest BCUT2D eigenvalue weighted by Crippen LogP contribution is -2.04. The van der Waals surface area contributed by atoms with Crippen LogP contribution in [-0.2, 0) is 0 Å². The van der Waals surface area contributed by atoms with Crippen molar-refractivity contribution in [2.24, 2.45) is 0 Å². The molecule has 69 heavy (non-hydrogen) atoms. The summed E-state index contributed by atoms with van der Waals surface area (Å²) in [5, 5.41) is 5.39. The maximum Gasteiger partial charge on any atom is 0.164 e. The summed E-state index contributed by atoms with van der Waals surface area (Å²) in [7, 11) is 0. The average molecular weight is 887 g/mol. The zero-order valence-corrected chi connectivity index (χ0v) is 37.5. The Morgan fingerprint density at radius 1 is 0.522 bits per heavy atom. The van der Waals surface area contributed by atoms with E-state index in [0.29, 0.717) is 34.4 Å². The van der Waals surface area contributed by atoms with E-state index in [9.17, 15) is 0 Å². The van der Waals surface area contributed by atoms with Crippen molar-refractivity contribution in [1.29, 1.82) is 0 Å². The summed E-state index contributed by atoms with van der Waals surface area (Å²) in [5.74, 6) is 1.97. The van der Waals surface area contributed by atoms with Crippen molar-refractivity contribution in [3.05, 3.63) is 260 Å². The zero-order valence-electron chi connectivity index (χ0n) is 37.5. The molecule has 0 N–H and O–H groups in total. The molecule has 0 aliphatic carbocycles. The molecule has 6 heteroatoms. The van der Waals surface area contributed by atoms with Gasteiger partial charge in [-0.2, -0.15) is 0 Å². The predicted octanol–water partition coefficient (Wildman–Crippen LogP) is 16.5. The predicted molar refractivity (Wildman–Crippen MR) is 286 cm³/mol. The van der Waals surface area contributed by atoms with Gasteiger partial charge in [0.05, 0.1) is 11.0 Å². The summed E-state index contributed by atoms with van der Waals surface area (Å²) >= 11 is 0. The highest BCUT2D eigenvalue weighted by atomic mass is 16.3. The van der Waals surface area contributed by atoms with E-state index in [1.54, 1.807) is 6.08 Å². The zero-order chi connectivity index (χ0) is 46.3. The number of hydrogen-bond acceptors (Lipinski definition) is 5. The maximum absolute atomic E-state index is 6.87. The molecule has 6 nitrogen and oxygen atoms in total. The molecule has 0 atom stereocenters. The number of aromatic nitrogens is 4. The van der Waals surface area contributed by atoms with E-state index in [2.05, 4.69) is 151 Å². The minimum Gasteiger partial charge on any atom is -0.457 e. The minimum absolute atomic E-state index is 0.421. The van der Waals surface area contributed by atoms with E-state index >= 15 is 0 Å². The highest BCUT2D eigenvalue weighted by molar-refractivity contribution is 6.13. The van der Waals surface area contributed by atoms with E-state index in [-0.39, 0.29) is 0 Å². The number of benzene rings is 8. The van der Waals surface area contributed by atoms with E-state index in [0.717, 1.165) is 83.0 Å². The van der Waals surface area contributed by atoms with Crippen molar-refractivity contribution in [2.75, 3.05) is 0 Å². The molecule has 0 radical (unpaired) electrons. The third-order valence-corrected chi connectivity index (χ3v) is 12.6. The molecule has 0 unspecified atom stereocenters. The van der Waals surface area contributed by atoms with Crippen molar-refractivity contribution in [3.63, 3.8) is 0 Å². The molecule has 4 heterocycles. The summed E-state index contributed by atoms with van der Waals surface area (Å²) < 4.78 is 15.4. The van der Waals surface area contributed by atoms with E-state index < -0.39 is 0 Å². The van der Waals surface area contributed by atoms with Crippen LogP contribution in [0.2, 0.25) is 0 Å². The number of fused-ring (bicyclic) bond motifs is 7. The van der Waals surface area contributed by atoms with Crippen LogP contribution in [0, 0.1) is 0 Å². The van der Waals surface area contributed by atoms with E-state index in [1.807, 2.05) is 91.0 Å². The van der Waals surface area contributed by atoms with Gasteiger partial charge >= 0.3 is 0 Å². The maximum atomic E-state index is 6.87. The van der Waals surface area contributed by atoms with Crippen molar-refractivity contribution >= 4 is 83.6 Å². The van der Waals surface area contributed by atoms with Crippen molar-refractivity contribution < 1.29 is 8.83 Å². The summed E-state index contributed by atoms with van der Waals surface area (Å²) in [6, 6.07) is 68.7. The lowest BCUT2D eigenvalue weighted by Gasteiger charge is -2.10. The molecule has 0 aliphatic rings. The third kappa shape index (κ3) is 7.76. The second-order valence-electron chi connectivity index (χ2n) is 16.9. The van der Waals surface area contributed by atoms with Gasteiger partial charge in [0.1, 0.15) is 22.5 Å². The second-order valence-corrected chi connectivity index (χ2v) is 16.9. The van der Waals surface area contributed by atoms with Crippen LogP contribution in [0.5, 0.6) is 0 Å². The Bertz CT molecular complexity index is 4010. The Hall–Kier alpha value is -9.39. The summed E-state index contributed by atoms with van der Waals surface area (Å²) in [6.07, 6.45) is 9.87. The fourth-order valence-electron chi connectivity index (χ4n) is 9.24. The quantitative estimate of drug-likeness (QED) is 0.121. The van der Waals surface area contributed by atoms with E-state index in [1.165, 1.54) is 10.8 Å². The van der Waals surface area contributed by atoms with E-state index in [4.69, 9.17) is 23.8 Å². The summed E-state index contributed by atoms with van der Waals surface area (Å²) in [6.45, 7) is 8.72. The van der Waals surface area contributed by atoms with Gasteiger partial charge in [0, 0.05) is 54.9 Å². The highest BCUT2D eigenvalue weighted by Crippen LogP contribution is 2.40. The molecule has 12 rings (SSSR count). The summed E-state index contributed by atoms with van der Waals surface area (Å²) in [5.41, 5.74) is 13.0. The normalized spacial score (nSPS) is 12.3. The third-order valence-electron chi connectivity index (χ3n) is 12.6. The molecule has 0 saturated carbocycles. The number of hydrogen-bond donors (Lipinski definition) is 0. The average Bonchev–Trinajstić information content (AvgIpc) is 4.11. The molecule has 0 spiro atoms. The van der Waals surface area contributed by atoms with Crippen LogP contribution >= 0.6 is 0 Å². The van der Waals surface area contributed by atoms with Crippen LogP contribution in [0.25, 0.3) is 112 Å². The first-order valence-corrected chi connectivity index (χ1v) is 22.9. The molecular formula is C63H42N4O2. The standard InChI is InChI=1S/C63H42N4O2/c1-3-43(37-50-38-47-22-13-16-29-58(47)68-50)62-64-61(41(2)36-45(44-20-9-5-10-21-44)31-30-42-18-7-4-8-19-42)65-63(66-62)48-32-34-53-54-27-17-26-51(60(54)69-59(53)40-48)46-33-35-57-55(39-46)52-25-14-15-28-56(52)67(57)49-23-11-6-12-24-49/h3-40H,1-2H2/b31-30+,43-37+,45-36+. The fourth-order valence-corrected chi connectivity index (χ4v) is 9.24. The van der Waals surface area contributed by atoms with Gasteiger partial charge < -0.3 is 13.4 Å². The van der Waals surface area contributed by atoms with Crippen LogP contribution in [0.1, 0.15) is 28.5 Å². The minimum atomic E-state index is 0.421.